The molecule has 0 aliphatic carbocycles. The molecule has 0 aromatic carbocycles. The van der Waals surface area contributed by atoms with E-state index in [9.17, 15) is 0 Å². The Morgan fingerprint density at radius 2 is 1.92 bits per heavy atom. The zero-order chi connectivity index (χ0) is 17.1. The summed E-state index contributed by atoms with van der Waals surface area (Å²) in [5.74, 6) is 1.10. The van der Waals surface area contributed by atoms with E-state index in [1.54, 1.807) is 0 Å². The molecule has 1 unspecified atom stereocenters. The summed E-state index contributed by atoms with van der Waals surface area (Å²) in [5, 5.41) is 7.07. The molecule has 4 aliphatic rings. The van der Waals surface area contributed by atoms with Crippen LogP contribution in [-0.2, 0) is 0 Å². The predicted molar refractivity (Wildman–Crippen MR) is 121 cm³/mol. The monoisotopic (exact) mass is 490 g/mol. The number of guanidine groups is 1. The molecule has 0 amide bonds. The fraction of sp³-hybridized carbons (Fsp3) is 0.722. The molecule has 5 heterocycles. The maximum absolute atomic E-state index is 5.01. The molecule has 0 saturated carbocycles. The van der Waals surface area contributed by atoms with E-state index in [4.69, 9.17) is 4.99 Å². The lowest BCUT2D eigenvalue weighted by atomic mass is 10.1. The number of fused-ring (bicyclic) bond motifs is 3. The first-order chi connectivity index (χ1) is 12.3. The minimum atomic E-state index is 0. The highest BCUT2D eigenvalue weighted by molar-refractivity contribution is 14.0. The summed E-state index contributed by atoms with van der Waals surface area (Å²) >= 11 is 1.84. The zero-order valence-corrected chi connectivity index (χ0v) is 18.8. The van der Waals surface area contributed by atoms with E-state index in [-0.39, 0.29) is 24.0 Å². The van der Waals surface area contributed by atoms with E-state index in [1.807, 2.05) is 11.3 Å². The van der Waals surface area contributed by atoms with Crippen LogP contribution in [0.3, 0.4) is 0 Å². The van der Waals surface area contributed by atoms with Crippen molar-refractivity contribution in [2.75, 3.05) is 76.9 Å². The van der Waals surface area contributed by atoms with Crippen LogP contribution in [0.2, 0.25) is 0 Å². The van der Waals surface area contributed by atoms with E-state index in [2.05, 4.69) is 49.4 Å². The normalized spacial score (nSPS) is 28.8. The summed E-state index contributed by atoms with van der Waals surface area (Å²) in [6.07, 6.45) is 0. The fourth-order valence-corrected chi connectivity index (χ4v) is 4.89. The van der Waals surface area contributed by atoms with Crippen molar-refractivity contribution in [3.63, 3.8) is 0 Å². The molecular weight excluding hydrogens is 459 g/mol. The van der Waals surface area contributed by atoms with Crippen LogP contribution in [0.4, 0.5) is 5.00 Å². The number of aliphatic imine (C=N–C) groups is 1. The van der Waals surface area contributed by atoms with Crippen molar-refractivity contribution in [2.24, 2.45) is 4.99 Å². The van der Waals surface area contributed by atoms with Gasteiger partial charge in [0.1, 0.15) is 0 Å². The van der Waals surface area contributed by atoms with Gasteiger partial charge < -0.3 is 15.1 Å². The molecule has 4 aliphatic heterocycles. The first kappa shape index (κ1) is 20.2. The van der Waals surface area contributed by atoms with E-state index in [1.165, 1.54) is 37.7 Å². The van der Waals surface area contributed by atoms with Crippen LogP contribution in [0.1, 0.15) is 6.92 Å². The van der Waals surface area contributed by atoms with Gasteiger partial charge in [0.2, 0.25) is 0 Å². The number of piperazine rings is 4. The third-order valence-electron chi connectivity index (χ3n) is 5.58. The molecule has 8 heteroatoms. The number of nitrogens with one attached hydrogen (secondary N) is 1. The van der Waals surface area contributed by atoms with Gasteiger partial charge in [-0.2, -0.15) is 0 Å². The van der Waals surface area contributed by atoms with Crippen LogP contribution in [0.15, 0.2) is 22.5 Å². The van der Waals surface area contributed by atoms with Crippen molar-refractivity contribution in [3.05, 3.63) is 17.5 Å². The average molecular weight is 490 g/mol. The standard InChI is InChI=1S/C18H30N6S.HI/c1-2-19-18(20-14-16-15-21-5-7-22(16)8-6-21)24-11-9-23(10-12-24)17-4-3-13-25-17;/h3-4,13,16H,2,5-12,14-15H2,1H3,(H,19,20);1H. The minimum absolute atomic E-state index is 0. The van der Waals surface area contributed by atoms with Gasteiger partial charge in [0.05, 0.1) is 11.5 Å². The van der Waals surface area contributed by atoms with Crippen molar-refractivity contribution in [2.45, 2.75) is 13.0 Å². The summed E-state index contributed by atoms with van der Waals surface area (Å²) in [4.78, 5) is 15.2. The molecule has 0 spiro atoms. The van der Waals surface area contributed by atoms with E-state index >= 15 is 0 Å². The second-order valence-electron chi connectivity index (χ2n) is 7.11. The number of anilines is 1. The van der Waals surface area contributed by atoms with Gasteiger partial charge in [-0.05, 0) is 24.4 Å². The Morgan fingerprint density at radius 3 is 2.50 bits per heavy atom. The smallest absolute Gasteiger partial charge is 0.194 e. The van der Waals surface area contributed by atoms with Crippen LogP contribution in [-0.4, -0.2) is 98.7 Å². The van der Waals surface area contributed by atoms with E-state index < -0.39 is 0 Å². The van der Waals surface area contributed by atoms with Crippen molar-refractivity contribution in [3.8, 4) is 0 Å². The molecular formula is C18H31IN6S. The number of hydrogen-bond donors (Lipinski definition) is 1. The molecule has 1 aromatic heterocycles. The highest BCUT2D eigenvalue weighted by Gasteiger charge is 2.31. The van der Waals surface area contributed by atoms with Crippen LogP contribution in [0.5, 0.6) is 0 Å². The molecule has 1 atom stereocenters. The van der Waals surface area contributed by atoms with Gasteiger partial charge in [-0.3, -0.25) is 14.8 Å². The van der Waals surface area contributed by atoms with E-state index in [0.717, 1.165) is 45.2 Å². The first-order valence-corrected chi connectivity index (χ1v) is 10.5. The number of nitrogens with zero attached hydrogens (tertiary/aromatic N) is 5. The highest BCUT2D eigenvalue weighted by Crippen LogP contribution is 2.22. The summed E-state index contributed by atoms with van der Waals surface area (Å²) < 4.78 is 0. The van der Waals surface area contributed by atoms with Crippen molar-refractivity contribution < 1.29 is 0 Å². The predicted octanol–water partition coefficient (Wildman–Crippen LogP) is 1.45. The third kappa shape index (κ3) is 4.63. The largest absolute Gasteiger partial charge is 0.360 e. The molecule has 5 rings (SSSR count). The fourth-order valence-electron chi connectivity index (χ4n) is 4.10. The summed E-state index contributed by atoms with van der Waals surface area (Å²) in [5.41, 5.74) is 0. The summed E-state index contributed by atoms with van der Waals surface area (Å²) in [6.45, 7) is 14.4. The van der Waals surface area contributed by atoms with Crippen molar-refractivity contribution in [1.82, 2.24) is 20.0 Å². The Balaban J connectivity index is 0.00000196. The minimum Gasteiger partial charge on any atom is -0.360 e. The quantitative estimate of drug-likeness (QED) is 0.393. The van der Waals surface area contributed by atoms with Crippen molar-refractivity contribution in [1.29, 1.82) is 0 Å². The van der Waals surface area contributed by atoms with Crippen LogP contribution in [0, 0.1) is 0 Å². The van der Waals surface area contributed by atoms with Gasteiger partial charge in [-0.1, -0.05) is 0 Å². The Bertz CT molecular complexity index is 564. The van der Waals surface area contributed by atoms with E-state index in [0.29, 0.717) is 6.04 Å². The number of hydrogen-bond acceptors (Lipinski definition) is 5. The lowest BCUT2D eigenvalue weighted by molar-refractivity contribution is 0.0173. The Hall–Kier alpha value is -0.580. The molecule has 6 nitrogen and oxygen atoms in total. The second-order valence-corrected chi connectivity index (χ2v) is 8.04. The lowest BCUT2D eigenvalue weighted by Crippen LogP contribution is -2.62. The maximum Gasteiger partial charge on any atom is 0.194 e. The van der Waals surface area contributed by atoms with Gasteiger partial charge >= 0.3 is 0 Å². The van der Waals surface area contributed by atoms with Gasteiger partial charge in [-0.25, -0.2) is 0 Å². The Kier molecular flexibility index (Phi) is 7.42. The van der Waals surface area contributed by atoms with Gasteiger partial charge in [0, 0.05) is 71.5 Å². The number of rotatable bonds is 4. The highest BCUT2D eigenvalue weighted by atomic mass is 127. The van der Waals surface area contributed by atoms with Gasteiger partial charge in [0.15, 0.2) is 5.96 Å². The summed E-state index contributed by atoms with van der Waals surface area (Å²) in [7, 11) is 0. The molecule has 1 aromatic rings. The zero-order valence-electron chi connectivity index (χ0n) is 15.6. The Morgan fingerprint density at radius 1 is 1.15 bits per heavy atom. The van der Waals surface area contributed by atoms with Gasteiger partial charge in [-0.15, -0.1) is 35.3 Å². The van der Waals surface area contributed by atoms with Gasteiger partial charge in [0.25, 0.3) is 0 Å². The summed E-state index contributed by atoms with van der Waals surface area (Å²) in [6, 6.07) is 4.96. The number of thiophene rings is 1. The lowest BCUT2D eigenvalue weighted by Gasteiger charge is -2.47. The SMILES string of the molecule is CCNC(=NCC1CN2CCN1CC2)N1CCN(c2cccs2)CC1.I. The second kappa shape index (κ2) is 9.57. The molecule has 26 heavy (non-hydrogen) atoms. The molecule has 4 saturated heterocycles. The topological polar surface area (TPSA) is 37.4 Å². The van der Waals surface area contributed by atoms with Crippen LogP contribution < -0.4 is 10.2 Å². The first-order valence-electron chi connectivity index (χ1n) is 9.61. The van der Waals surface area contributed by atoms with Crippen LogP contribution in [0.25, 0.3) is 0 Å². The van der Waals surface area contributed by atoms with Crippen molar-refractivity contribution >= 4 is 46.3 Å². The Labute approximate surface area is 178 Å². The number of halogens is 1. The average Bonchev–Trinajstić information content (AvgIpc) is 3.21. The molecule has 0 radical (unpaired) electrons. The molecule has 1 N–H and O–H groups in total. The molecule has 4 fully saturated rings. The third-order valence-corrected chi connectivity index (χ3v) is 6.50. The molecule has 146 valence electrons. The molecule has 2 bridgehead atoms. The maximum atomic E-state index is 5.01. The van der Waals surface area contributed by atoms with Crippen LogP contribution >= 0.6 is 35.3 Å².